The zero-order chi connectivity index (χ0) is 20.5. The van der Waals surface area contributed by atoms with Crippen LogP contribution in [0.4, 0.5) is 0 Å². The molecule has 2 aromatic rings. The second-order valence-corrected chi connectivity index (χ2v) is 10.9. The fourth-order valence-corrected chi connectivity index (χ4v) is 3.42. The van der Waals surface area contributed by atoms with Crippen LogP contribution < -0.4 is 0 Å². The first-order valence-electron chi connectivity index (χ1n) is 10.4. The van der Waals surface area contributed by atoms with Crippen molar-refractivity contribution in [1.29, 1.82) is 0 Å². The molecule has 2 rings (SSSR count). The molecular formula is C26H39N. The fourth-order valence-electron chi connectivity index (χ4n) is 3.42. The van der Waals surface area contributed by atoms with Crippen molar-refractivity contribution in [2.75, 3.05) is 0 Å². The predicted octanol–water partition coefficient (Wildman–Crippen LogP) is 7.54. The Hall–Kier alpha value is -1.63. The summed E-state index contributed by atoms with van der Waals surface area (Å²) in [5.41, 5.74) is 5.81. The minimum Gasteiger partial charge on any atom is -0.260 e. The summed E-state index contributed by atoms with van der Waals surface area (Å²) in [5, 5.41) is 0. The lowest BCUT2D eigenvalue weighted by atomic mass is 9.79. The molecule has 0 aliphatic heterocycles. The third kappa shape index (κ3) is 5.67. The molecule has 27 heavy (non-hydrogen) atoms. The summed E-state index contributed by atoms with van der Waals surface area (Å²) in [6, 6.07) is 13.7. The number of nitrogens with zero attached hydrogens (tertiary/aromatic N) is 1. The number of hydrogen-bond acceptors (Lipinski definition) is 1. The Morgan fingerprint density at radius 2 is 1.26 bits per heavy atom. The molecule has 1 heteroatoms. The van der Waals surface area contributed by atoms with Gasteiger partial charge in [-0.2, -0.15) is 0 Å². The van der Waals surface area contributed by atoms with E-state index in [0.717, 1.165) is 6.42 Å². The molecule has 0 saturated carbocycles. The Morgan fingerprint density at radius 1 is 0.741 bits per heavy atom. The van der Waals surface area contributed by atoms with E-state index in [1.165, 1.54) is 28.8 Å². The van der Waals surface area contributed by atoms with Gasteiger partial charge in [0.25, 0.3) is 0 Å². The van der Waals surface area contributed by atoms with E-state index in [1.54, 1.807) is 0 Å². The molecule has 0 aliphatic rings. The minimum atomic E-state index is 0.0933. The van der Waals surface area contributed by atoms with Crippen LogP contribution in [0.25, 0.3) is 0 Å². The highest BCUT2D eigenvalue weighted by molar-refractivity contribution is 5.29. The smallest absolute Gasteiger partial charge is 0.0460 e. The third-order valence-electron chi connectivity index (χ3n) is 5.87. The third-order valence-corrected chi connectivity index (χ3v) is 5.87. The normalized spacial score (nSPS) is 14.3. The molecule has 1 atom stereocenters. The first-order chi connectivity index (χ1) is 12.3. The van der Waals surface area contributed by atoms with Crippen LogP contribution in [0.2, 0.25) is 0 Å². The summed E-state index contributed by atoms with van der Waals surface area (Å²) >= 11 is 0. The summed E-state index contributed by atoms with van der Waals surface area (Å²) in [4.78, 5) is 4.81. The molecule has 0 fully saturated rings. The van der Waals surface area contributed by atoms with E-state index in [4.69, 9.17) is 4.98 Å². The lowest BCUT2D eigenvalue weighted by Gasteiger charge is -2.27. The lowest BCUT2D eigenvalue weighted by Crippen LogP contribution is -2.21. The van der Waals surface area contributed by atoms with Crippen molar-refractivity contribution >= 4 is 0 Å². The number of rotatable bonds is 5. The van der Waals surface area contributed by atoms with Gasteiger partial charge in [0.15, 0.2) is 0 Å². The van der Waals surface area contributed by atoms with Crippen LogP contribution >= 0.6 is 0 Å². The van der Waals surface area contributed by atoms with Gasteiger partial charge in [-0.3, -0.25) is 4.98 Å². The quantitative estimate of drug-likeness (QED) is 0.533. The summed E-state index contributed by atoms with van der Waals surface area (Å²) < 4.78 is 0. The van der Waals surface area contributed by atoms with Gasteiger partial charge in [0.2, 0.25) is 0 Å². The summed E-state index contributed by atoms with van der Waals surface area (Å²) in [6.45, 7) is 20.5. The molecule has 0 N–H and O–H groups in total. The van der Waals surface area contributed by atoms with E-state index < -0.39 is 0 Å². The van der Waals surface area contributed by atoms with Crippen LogP contribution in [-0.4, -0.2) is 4.98 Å². The van der Waals surface area contributed by atoms with Crippen molar-refractivity contribution in [3.8, 4) is 0 Å². The Bertz CT molecular complexity index is 722. The molecule has 1 aromatic carbocycles. The highest BCUT2D eigenvalue weighted by Crippen LogP contribution is 2.33. The van der Waals surface area contributed by atoms with Crippen LogP contribution in [0.3, 0.4) is 0 Å². The van der Waals surface area contributed by atoms with Gasteiger partial charge in [-0.05, 0) is 52.3 Å². The van der Waals surface area contributed by atoms with E-state index in [9.17, 15) is 0 Å². The second-order valence-electron chi connectivity index (χ2n) is 10.9. The van der Waals surface area contributed by atoms with E-state index in [1.807, 2.05) is 0 Å². The van der Waals surface area contributed by atoms with Crippen molar-refractivity contribution in [3.63, 3.8) is 0 Å². The molecule has 0 radical (unpaired) electrons. The Kier molecular flexibility index (Phi) is 6.24. The first-order valence-corrected chi connectivity index (χ1v) is 10.4. The zero-order valence-corrected chi connectivity index (χ0v) is 19.0. The highest BCUT2D eigenvalue weighted by atomic mass is 14.7. The number of hydrogen-bond donors (Lipinski definition) is 0. The van der Waals surface area contributed by atoms with Crippen LogP contribution in [0.1, 0.15) is 103 Å². The van der Waals surface area contributed by atoms with Crippen molar-refractivity contribution < 1.29 is 0 Å². The number of pyridine rings is 1. The van der Waals surface area contributed by atoms with Gasteiger partial charge in [0.05, 0.1) is 0 Å². The Balaban J connectivity index is 2.03. The molecule has 148 valence electrons. The maximum Gasteiger partial charge on any atom is 0.0460 e. The molecule has 1 nitrogen and oxygen atoms in total. The van der Waals surface area contributed by atoms with Gasteiger partial charge in [0, 0.05) is 17.3 Å². The highest BCUT2D eigenvalue weighted by Gasteiger charge is 2.24. The molecule has 1 unspecified atom stereocenters. The maximum absolute atomic E-state index is 4.81. The largest absolute Gasteiger partial charge is 0.260 e. The van der Waals surface area contributed by atoms with Crippen LogP contribution in [0, 0.1) is 0 Å². The van der Waals surface area contributed by atoms with Crippen LogP contribution in [0.5, 0.6) is 0 Å². The van der Waals surface area contributed by atoms with Gasteiger partial charge < -0.3 is 0 Å². The van der Waals surface area contributed by atoms with E-state index >= 15 is 0 Å². The van der Waals surface area contributed by atoms with Crippen molar-refractivity contribution in [1.82, 2.24) is 4.98 Å². The predicted molar refractivity (Wildman–Crippen MR) is 119 cm³/mol. The maximum atomic E-state index is 4.81. The molecule has 0 saturated heterocycles. The Morgan fingerprint density at radius 3 is 1.70 bits per heavy atom. The van der Waals surface area contributed by atoms with E-state index in [-0.39, 0.29) is 16.2 Å². The van der Waals surface area contributed by atoms with E-state index in [0.29, 0.717) is 5.92 Å². The minimum absolute atomic E-state index is 0.0933. The van der Waals surface area contributed by atoms with Crippen molar-refractivity contribution in [3.05, 3.63) is 65.0 Å². The van der Waals surface area contributed by atoms with Gasteiger partial charge in [-0.15, -0.1) is 0 Å². The van der Waals surface area contributed by atoms with Crippen LogP contribution in [-0.2, 0) is 16.2 Å². The number of aromatic nitrogens is 1. The topological polar surface area (TPSA) is 12.9 Å². The van der Waals surface area contributed by atoms with Crippen molar-refractivity contribution in [2.24, 2.45) is 0 Å². The van der Waals surface area contributed by atoms with Gasteiger partial charge in [-0.25, -0.2) is 0 Å². The molecule has 0 spiro atoms. The van der Waals surface area contributed by atoms with E-state index in [2.05, 4.69) is 105 Å². The lowest BCUT2D eigenvalue weighted by molar-refractivity contribution is 0.428. The van der Waals surface area contributed by atoms with Gasteiger partial charge in [-0.1, -0.05) is 92.6 Å². The molecule has 0 amide bonds. The SMILES string of the molecule is CC(CCC(C)(C)c1ccc(C(C)(C)C)cn1)c1ccc(C(C)(C)C)cc1. The molecule has 1 aromatic heterocycles. The second kappa shape index (κ2) is 7.78. The van der Waals surface area contributed by atoms with Crippen LogP contribution in [0.15, 0.2) is 42.6 Å². The van der Waals surface area contributed by atoms with Gasteiger partial charge >= 0.3 is 0 Å². The zero-order valence-electron chi connectivity index (χ0n) is 19.0. The summed E-state index contributed by atoms with van der Waals surface area (Å²) in [6.07, 6.45) is 4.37. The monoisotopic (exact) mass is 365 g/mol. The molecule has 1 heterocycles. The molecule has 0 aliphatic carbocycles. The standard InChI is InChI=1S/C26H39N/c1-19(20-10-12-21(13-11-20)24(2,3)4)16-17-26(8,9)23-15-14-22(18-27-23)25(5,6)7/h10-15,18-19H,16-17H2,1-9H3. The average Bonchev–Trinajstić information content (AvgIpc) is 2.58. The van der Waals surface area contributed by atoms with Gasteiger partial charge in [0.1, 0.15) is 0 Å². The van der Waals surface area contributed by atoms with Crippen molar-refractivity contribution in [2.45, 2.75) is 97.3 Å². The Labute approximate surface area is 167 Å². The fraction of sp³-hybridized carbons (Fsp3) is 0.577. The number of benzene rings is 1. The first kappa shape index (κ1) is 21.7. The summed E-state index contributed by atoms with van der Waals surface area (Å²) in [5.74, 6) is 0.562. The molecular weight excluding hydrogens is 326 g/mol. The molecule has 0 bridgehead atoms. The summed E-state index contributed by atoms with van der Waals surface area (Å²) in [7, 11) is 0. The average molecular weight is 366 g/mol.